The van der Waals surface area contributed by atoms with E-state index in [0.29, 0.717) is 5.89 Å². The first-order chi connectivity index (χ1) is 7.90. The van der Waals surface area contributed by atoms with Gasteiger partial charge in [-0.1, -0.05) is 5.16 Å². The van der Waals surface area contributed by atoms with E-state index in [0.717, 1.165) is 26.1 Å². The minimum atomic E-state index is 0.679. The molecular weight excluding hydrogens is 204 g/mol. The summed E-state index contributed by atoms with van der Waals surface area (Å²) in [5.41, 5.74) is 1.30. The van der Waals surface area contributed by atoms with Gasteiger partial charge in [-0.15, -0.1) is 0 Å². The van der Waals surface area contributed by atoms with Crippen molar-refractivity contribution in [1.82, 2.24) is 20.0 Å². The smallest absolute Gasteiger partial charge is 0.227 e. The summed E-state index contributed by atoms with van der Waals surface area (Å²) in [4.78, 5) is 3.96. The van der Waals surface area contributed by atoms with Gasteiger partial charge in [0.1, 0.15) is 0 Å². The van der Waals surface area contributed by atoms with Crippen molar-refractivity contribution in [2.75, 3.05) is 6.54 Å². The van der Waals surface area contributed by atoms with Crippen molar-refractivity contribution in [2.24, 2.45) is 0 Å². The fourth-order valence-electron chi connectivity index (χ4n) is 1.64. The van der Waals surface area contributed by atoms with Crippen LogP contribution in [-0.2, 0) is 19.5 Å². The summed E-state index contributed by atoms with van der Waals surface area (Å²) in [6.45, 7) is 4.86. The molecule has 0 amide bonds. The number of nitrogens with one attached hydrogen (secondary N) is 1. The molecule has 0 saturated carbocycles. The molecule has 16 heavy (non-hydrogen) atoms. The van der Waals surface area contributed by atoms with E-state index in [2.05, 4.69) is 45.3 Å². The molecule has 0 spiro atoms. The lowest BCUT2D eigenvalue weighted by atomic mass is 10.4. The molecule has 1 N–H and O–H groups in total. The number of aromatic nitrogens is 3. The van der Waals surface area contributed by atoms with Crippen LogP contribution in [0.25, 0.3) is 0 Å². The van der Waals surface area contributed by atoms with Gasteiger partial charge in [-0.2, -0.15) is 4.98 Å². The van der Waals surface area contributed by atoms with Crippen molar-refractivity contribution >= 4 is 0 Å². The van der Waals surface area contributed by atoms with Crippen molar-refractivity contribution in [3.05, 3.63) is 36.2 Å². The third kappa shape index (κ3) is 2.70. The molecule has 0 unspecified atom stereocenters. The van der Waals surface area contributed by atoms with Gasteiger partial charge in [0.15, 0.2) is 6.33 Å². The molecule has 0 atom stereocenters. The topological polar surface area (TPSA) is 55.9 Å². The minimum Gasteiger partial charge on any atom is -0.351 e. The van der Waals surface area contributed by atoms with Crippen LogP contribution >= 0.6 is 0 Å². The fraction of sp³-hybridized carbons (Fsp3) is 0.455. The average Bonchev–Trinajstić information content (AvgIpc) is 2.95. The maximum Gasteiger partial charge on any atom is 0.227 e. The first-order valence-corrected chi connectivity index (χ1v) is 5.50. The number of rotatable bonds is 6. The normalized spacial score (nSPS) is 10.8. The zero-order valence-corrected chi connectivity index (χ0v) is 9.39. The second-order valence-electron chi connectivity index (χ2n) is 3.55. The molecule has 0 aromatic carbocycles. The van der Waals surface area contributed by atoms with Gasteiger partial charge in [0.05, 0.1) is 0 Å². The molecule has 2 aromatic heterocycles. The Morgan fingerprint density at radius 1 is 1.50 bits per heavy atom. The van der Waals surface area contributed by atoms with Crippen LogP contribution in [0.3, 0.4) is 0 Å². The zero-order valence-electron chi connectivity index (χ0n) is 9.39. The van der Waals surface area contributed by atoms with Crippen LogP contribution in [0, 0.1) is 0 Å². The first kappa shape index (κ1) is 10.9. The van der Waals surface area contributed by atoms with Crippen LogP contribution < -0.4 is 5.32 Å². The number of nitrogens with zero attached hydrogens (tertiary/aromatic N) is 3. The van der Waals surface area contributed by atoms with Crippen LogP contribution in [0.15, 0.2) is 29.2 Å². The molecule has 5 heteroatoms. The van der Waals surface area contributed by atoms with Gasteiger partial charge in [0.25, 0.3) is 0 Å². The Morgan fingerprint density at radius 2 is 2.44 bits per heavy atom. The largest absolute Gasteiger partial charge is 0.351 e. The average molecular weight is 220 g/mol. The molecule has 2 rings (SSSR count). The molecule has 5 nitrogen and oxygen atoms in total. The van der Waals surface area contributed by atoms with Gasteiger partial charge in [-0.25, -0.2) is 0 Å². The predicted octanol–water partition coefficient (Wildman–Crippen LogP) is 1.22. The molecule has 2 heterocycles. The third-order valence-electron chi connectivity index (χ3n) is 2.49. The Kier molecular flexibility index (Phi) is 3.71. The third-order valence-corrected chi connectivity index (χ3v) is 2.49. The van der Waals surface area contributed by atoms with E-state index in [1.807, 2.05) is 0 Å². The second-order valence-corrected chi connectivity index (χ2v) is 3.55. The molecule has 0 radical (unpaired) electrons. The van der Waals surface area contributed by atoms with Crippen LogP contribution in [0.1, 0.15) is 18.5 Å². The molecule has 0 aliphatic carbocycles. The van der Waals surface area contributed by atoms with E-state index in [-0.39, 0.29) is 0 Å². The standard InChI is InChI=1S/C11H16N4O/c1-2-15-7-3-4-10(15)8-12-6-5-11-13-9-14-16-11/h3-4,7,9,12H,2,5-6,8H2,1H3. The van der Waals surface area contributed by atoms with Crippen molar-refractivity contribution in [2.45, 2.75) is 26.4 Å². The molecule has 0 fully saturated rings. The number of aryl methyl sites for hydroxylation is 1. The quantitative estimate of drug-likeness (QED) is 0.744. The van der Waals surface area contributed by atoms with Gasteiger partial charge in [-0.05, 0) is 19.1 Å². The summed E-state index contributed by atoms with van der Waals surface area (Å²) < 4.78 is 7.13. The number of hydrogen-bond acceptors (Lipinski definition) is 4. The monoisotopic (exact) mass is 220 g/mol. The van der Waals surface area contributed by atoms with Gasteiger partial charge in [0, 0.05) is 37.9 Å². The Bertz CT molecular complexity index is 407. The van der Waals surface area contributed by atoms with Crippen LogP contribution in [0.5, 0.6) is 0 Å². The van der Waals surface area contributed by atoms with Gasteiger partial charge < -0.3 is 14.4 Å². The summed E-state index contributed by atoms with van der Waals surface area (Å²) in [6, 6.07) is 4.20. The SMILES string of the molecule is CCn1cccc1CNCCc1ncno1. The van der Waals surface area contributed by atoms with Crippen molar-refractivity contribution in [3.63, 3.8) is 0 Å². The molecule has 0 aliphatic heterocycles. The summed E-state index contributed by atoms with van der Waals surface area (Å²) in [6.07, 6.45) is 4.29. The maximum atomic E-state index is 4.91. The van der Waals surface area contributed by atoms with Crippen molar-refractivity contribution in [1.29, 1.82) is 0 Å². The minimum absolute atomic E-state index is 0.679. The fourth-order valence-corrected chi connectivity index (χ4v) is 1.64. The lowest BCUT2D eigenvalue weighted by Gasteiger charge is -2.06. The summed E-state index contributed by atoms with van der Waals surface area (Å²) in [7, 11) is 0. The molecule has 0 aliphatic rings. The van der Waals surface area contributed by atoms with Crippen LogP contribution in [0.2, 0.25) is 0 Å². The highest BCUT2D eigenvalue weighted by atomic mass is 16.5. The Hall–Kier alpha value is -1.62. The Morgan fingerprint density at radius 3 is 3.19 bits per heavy atom. The lowest BCUT2D eigenvalue weighted by Crippen LogP contribution is -2.18. The summed E-state index contributed by atoms with van der Waals surface area (Å²) >= 11 is 0. The highest BCUT2D eigenvalue weighted by molar-refractivity contribution is 5.06. The van der Waals surface area contributed by atoms with E-state index in [4.69, 9.17) is 4.52 Å². The molecule has 2 aromatic rings. The maximum absolute atomic E-state index is 4.91. The van der Waals surface area contributed by atoms with E-state index >= 15 is 0 Å². The summed E-state index contributed by atoms with van der Waals surface area (Å²) in [5, 5.41) is 6.91. The van der Waals surface area contributed by atoms with Crippen LogP contribution in [0.4, 0.5) is 0 Å². The van der Waals surface area contributed by atoms with Crippen LogP contribution in [-0.4, -0.2) is 21.3 Å². The van der Waals surface area contributed by atoms with Gasteiger partial charge >= 0.3 is 0 Å². The predicted molar refractivity (Wildman–Crippen MR) is 59.8 cm³/mol. The zero-order chi connectivity index (χ0) is 11.2. The van der Waals surface area contributed by atoms with Crippen molar-refractivity contribution < 1.29 is 4.52 Å². The highest BCUT2D eigenvalue weighted by Gasteiger charge is 2.00. The first-order valence-electron chi connectivity index (χ1n) is 5.50. The van der Waals surface area contributed by atoms with E-state index < -0.39 is 0 Å². The Balaban J connectivity index is 1.72. The number of hydrogen-bond donors (Lipinski definition) is 1. The summed E-state index contributed by atoms with van der Waals surface area (Å²) in [5.74, 6) is 0.679. The van der Waals surface area contributed by atoms with Gasteiger partial charge in [-0.3, -0.25) is 0 Å². The lowest BCUT2D eigenvalue weighted by molar-refractivity contribution is 0.374. The molecule has 86 valence electrons. The highest BCUT2D eigenvalue weighted by Crippen LogP contribution is 2.01. The molecule has 0 saturated heterocycles. The second kappa shape index (κ2) is 5.46. The van der Waals surface area contributed by atoms with Crippen molar-refractivity contribution in [3.8, 4) is 0 Å². The van der Waals surface area contributed by atoms with E-state index in [1.54, 1.807) is 0 Å². The molecule has 0 bridgehead atoms. The Labute approximate surface area is 94.5 Å². The van der Waals surface area contributed by atoms with E-state index in [9.17, 15) is 0 Å². The van der Waals surface area contributed by atoms with Gasteiger partial charge in [0.2, 0.25) is 5.89 Å². The van der Waals surface area contributed by atoms with E-state index in [1.165, 1.54) is 12.0 Å². The molecular formula is C11H16N4O.